The van der Waals surface area contributed by atoms with Crippen LogP contribution in [0.1, 0.15) is 35.4 Å². The number of benzene rings is 2. The molecule has 1 saturated carbocycles. The second-order valence-corrected chi connectivity index (χ2v) is 9.07. The first-order chi connectivity index (χ1) is 15.6. The number of aryl methyl sites for hydroxylation is 2. The van der Waals surface area contributed by atoms with E-state index in [2.05, 4.69) is 4.74 Å². The molecule has 0 bridgehead atoms. The summed E-state index contributed by atoms with van der Waals surface area (Å²) in [6, 6.07) is 9.92. The molecule has 1 aliphatic heterocycles. The van der Waals surface area contributed by atoms with Gasteiger partial charge in [0.2, 0.25) is 5.91 Å². The van der Waals surface area contributed by atoms with E-state index in [0.717, 1.165) is 22.3 Å². The zero-order valence-corrected chi connectivity index (χ0v) is 18.4. The van der Waals surface area contributed by atoms with Crippen LogP contribution in [-0.2, 0) is 19.1 Å². The van der Waals surface area contributed by atoms with Crippen LogP contribution in [0.3, 0.4) is 0 Å². The first-order valence-electron chi connectivity index (χ1n) is 10.7. The number of hydrogen-bond donors (Lipinski definition) is 0. The van der Waals surface area contributed by atoms with Crippen molar-refractivity contribution in [1.29, 1.82) is 0 Å². The summed E-state index contributed by atoms with van der Waals surface area (Å²) >= 11 is 0. The van der Waals surface area contributed by atoms with Crippen molar-refractivity contribution in [2.75, 3.05) is 19.7 Å². The van der Waals surface area contributed by atoms with E-state index in [1.807, 2.05) is 26.0 Å². The molecule has 0 radical (unpaired) electrons. The van der Waals surface area contributed by atoms with E-state index in [-0.39, 0.29) is 43.3 Å². The van der Waals surface area contributed by atoms with Crippen molar-refractivity contribution < 1.29 is 32.3 Å². The maximum absolute atomic E-state index is 13.3. The molecule has 1 spiro atoms. The molecule has 4 rings (SSSR count). The van der Waals surface area contributed by atoms with Crippen LogP contribution in [0, 0.1) is 25.1 Å². The minimum atomic E-state index is -3.02. The van der Waals surface area contributed by atoms with Crippen molar-refractivity contribution in [2.24, 2.45) is 5.41 Å². The van der Waals surface area contributed by atoms with Gasteiger partial charge in [-0.3, -0.25) is 14.4 Å². The lowest BCUT2D eigenvalue weighted by Gasteiger charge is -2.52. The molecule has 1 saturated heterocycles. The van der Waals surface area contributed by atoms with Crippen LogP contribution in [0.4, 0.5) is 13.2 Å². The first-order valence-corrected chi connectivity index (χ1v) is 10.7. The Hall–Kier alpha value is -3.00. The number of amides is 1. The Labute approximate surface area is 189 Å². The monoisotopic (exact) mass is 459 g/mol. The predicted molar refractivity (Wildman–Crippen MR) is 114 cm³/mol. The molecule has 174 valence electrons. The van der Waals surface area contributed by atoms with Crippen LogP contribution in [0.2, 0.25) is 0 Å². The molecule has 0 aromatic heterocycles. The standard InChI is InChI=1S/C25H24F3NO4/c1-14-7-17(16-3-5-18(26)6-4-16)8-15(2)22(14)23-19(30)9-25(10-20(23)31)12-29(13-25)21(32)11-33-24(27)28/h3-8,23-24H,9-13H2,1-2H3. The third-order valence-electron chi connectivity index (χ3n) is 6.54. The van der Waals surface area contributed by atoms with Gasteiger partial charge < -0.3 is 9.64 Å². The zero-order chi connectivity index (χ0) is 23.9. The Kier molecular flexibility index (Phi) is 6.14. The molecule has 2 aromatic rings. The van der Waals surface area contributed by atoms with Crippen molar-refractivity contribution in [1.82, 2.24) is 4.90 Å². The number of ether oxygens (including phenoxy) is 1. The highest BCUT2D eigenvalue weighted by atomic mass is 19.3. The molecule has 2 aliphatic rings. The zero-order valence-electron chi connectivity index (χ0n) is 18.4. The normalized spacial score (nSPS) is 18.2. The summed E-state index contributed by atoms with van der Waals surface area (Å²) in [6.07, 6.45) is 0.309. The predicted octanol–water partition coefficient (Wildman–Crippen LogP) is 4.19. The average molecular weight is 459 g/mol. The maximum atomic E-state index is 13.3. The van der Waals surface area contributed by atoms with Crippen molar-refractivity contribution in [3.63, 3.8) is 0 Å². The fourth-order valence-corrected chi connectivity index (χ4v) is 5.14. The van der Waals surface area contributed by atoms with E-state index >= 15 is 0 Å². The Morgan fingerprint density at radius 2 is 1.58 bits per heavy atom. The van der Waals surface area contributed by atoms with Crippen molar-refractivity contribution >= 4 is 17.5 Å². The van der Waals surface area contributed by atoms with Gasteiger partial charge >= 0.3 is 6.61 Å². The third kappa shape index (κ3) is 4.57. The van der Waals surface area contributed by atoms with E-state index in [4.69, 9.17) is 0 Å². The van der Waals surface area contributed by atoms with Gasteiger partial charge in [-0.25, -0.2) is 4.39 Å². The number of rotatable bonds is 5. The minimum absolute atomic E-state index is 0.154. The highest BCUT2D eigenvalue weighted by molar-refractivity contribution is 6.11. The summed E-state index contributed by atoms with van der Waals surface area (Å²) in [7, 11) is 0. The molecule has 2 fully saturated rings. The van der Waals surface area contributed by atoms with Crippen molar-refractivity contribution in [3.05, 3.63) is 58.9 Å². The van der Waals surface area contributed by atoms with Gasteiger partial charge in [-0.15, -0.1) is 0 Å². The molecule has 1 aliphatic carbocycles. The summed E-state index contributed by atoms with van der Waals surface area (Å²) in [6.45, 7) is 0.328. The molecule has 1 amide bonds. The summed E-state index contributed by atoms with van der Waals surface area (Å²) in [5.74, 6) is -2.14. The first kappa shape index (κ1) is 23.2. The quantitative estimate of drug-likeness (QED) is 0.629. The van der Waals surface area contributed by atoms with Gasteiger partial charge in [0.15, 0.2) is 0 Å². The number of nitrogens with zero attached hydrogens (tertiary/aromatic N) is 1. The summed E-state index contributed by atoms with van der Waals surface area (Å²) in [5.41, 5.74) is 3.41. The van der Waals surface area contributed by atoms with Crippen LogP contribution in [-0.4, -0.2) is 48.7 Å². The number of likely N-dealkylation sites (tertiary alicyclic amines) is 1. The second kappa shape index (κ2) is 8.74. The summed E-state index contributed by atoms with van der Waals surface area (Å²) in [4.78, 5) is 39.5. The Balaban J connectivity index is 1.49. The van der Waals surface area contributed by atoms with E-state index in [1.165, 1.54) is 17.0 Å². The second-order valence-electron chi connectivity index (χ2n) is 9.07. The summed E-state index contributed by atoms with van der Waals surface area (Å²) < 4.78 is 41.6. The lowest BCUT2D eigenvalue weighted by molar-refractivity contribution is -0.171. The van der Waals surface area contributed by atoms with Crippen LogP contribution < -0.4 is 0 Å². The topological polar surface area (TPSA) is 63.7 Å². The smallest absolute Gasteiger partial charge is 0.339 e. The summed E-state index contributed by atoms with van der Waals surface area (Å²) in [5, 5.41) is 0. The van der Waals surface area contributed by atoms with Crippen LogP contribution in [0.15, 0.2) is 36.4 Å². The Morgan fingerprint density at radius 3 is 2.09 bits per heavy atom. The van der Waals surface area contributed by atoms with Gasteiger partial charge in [-0.1, -0.05) is 24.3 Å². The third-order valence-corrected chi connectivity index (χ3v) is 6.54. The number of alkyl halides is 2. The van der Waals surface area contributed by atoms with Crippen molar-refractivity contribution in [3.8, 4) is 11.1 Å². The number of Topliss-reactive ketones (excluding diaryl/α,β-unsaturated/α-hetero) is 2. The Bertz CT molecular complexity index is 1060. The molecule has 0 N–H and O–H groups in total. The van der Waals surface area contributed by atoms with Crippen LogP contribution in [0.25, 0.3) is 11.1 Å². The molecule has 8 heteroatoms. The number of halogens is 3. The number of hydrogen-bond acceptors (Lipinski definition) is 4. The number of carbonyl (C=O) groups excluding carboxylic acids is 3. The van der Waals surface area contributed by atoms with Gasteiger partial charge in [0.05, 0.1) is 0 Å². The van der Waals surface area contributed by atoms with Gasteiger partial charge in [0, 0.05) is 31.3 Å². The molecule has 0 unspecified atom stereocenters. The molecule has 0 atom stereocenters. The fraction of sp³-hybridized carbons (Fsp3) is 0.400. The molecular formula is C25H24F3NO4. The number of carbonyl (C=O) groups is 3. The highest BCUT2D eigenvalue weighted by Gasteiger charge is 2.53. The maximum Gasteiger partial charge on any atom is 0.345 e. The van der Waals surface area contributed by atoms with E-state index in [9.17, 15) is 27.6 Å². The average Bonchev–Trinajstić information content (AvgIpc) is 2.71. The van der Waals surface area contributed by atoms with Gasteiger partial charge in [0.25, 0.3) is 0 Å². The van der Waals surface area contributed by atoms with Gasteiger partial charge in [-0.2, -0.15) is 8.78 Å². The van der Waals surface area contributed by atoms with E-state index in [0.29, 0.717) is 5.56 Å². The highest BCUT2D eigenvalue weighted by Crippen LogP contribution is 2.46. The van der Waals surface area contributed by atoms with Crippen LogP contribution >= 0.6 is 0 Å². The van der Waals surface area contributed by atoms with Gasteiger partial charge in [-0.05, 0) is 53.8 Å². The Morgan fingerprint density at radius 1 is 1.03 bits per heavy atom. The fourth-order valence-electron chi connectivity index (χ4n) is 5.14. The largest absolute Gasteiger partial charge is 0.345 e. The number of ketones is 2. The van der Waals surface area contributed by atoms with Crippen molar-refractivity contribution in [2.45, 2.75) is 39.2 Å². The van der Waals surface area contributed by atoms with E-state index < -0.39 is 30.5 Å². The van der Waals surface area contributed by atoms with Gasteiger partial charge in [0.1, 0.15) is 29.9 Å². The lowest BCUT2D eigenvalue weighted by atomic mass is 9.63. The molecule has 2 aromatic carbocycles. The lowest BCUT2D eigenvalue weighted by Crippen LogP contribution is -2.62. The molecule has 1 heterocycles. The molecule has 33 heavy (non-hydrogen) atoms. The van der Waals surface area contributed by atoms with E-state index in [1.54, 1.807) is 12.1 Å². The SMILES string of the molecule is Cc1cc(-c2ccc(F)cc2)cc(C)c1C1C(=O)CC2(CC1=O)CN(C(=O)COC(F)F)C2. The molecular weight excluding hydrogens is 435 g/mol. The minimum Gasteiger partial charge on any atom is -0.339 e. The molecule has 5 nitrogen and oxygen atoms in total. The van der Waals surface area contributed by atoms with Crippen LogP contribution in [0.5, 0.6) is 0 Å².